The molecule has 0 aliphatic rings. The molecule has 2 rings (SSSR count). The van der Waals surface area contributed by atoms with Crippen molar-refractivity contribution in [2.75, 3.05) is 31.9 Å². The van der Waals surface area contributed by atoms with Crippen molar-refractivity contribution < 1.29 is 22.7 Å². The Kier molecular flexibility index (Phi) is 10.8. The molecule has 2 atom stereocenters. The summed E-state index contributed by atoms with van der Waals surface area (Å²) in [5.41, 5.74) is 1.56. The van der Waals surface area contributed by atoms with Crippen LogP contribution in [0, 0.1) is 11.8 Å². The van der Waals surface area contributed by atoms with Gasteiger partial charge in [0.2, 0.25) is 15.9 Å². The third kappa shape index (κ3) is 8.17. The fraction of sp³-hybridized carbons (Fsp3) is 0.500. The molecule has 0 aliphatic heterocycles. The van der Waals surface area contributed by atoms with Crippen LogP contribution in [0.15, 0.2) is 36.4 Å². The topological polar surface area (TPSA) is 72.9 Å². The molecule has 0 unspecified atom stereocenters. The van der Waals surface area contributed by atoms with Gasteiger partial charge in [0.15, 0.2) is 5.75 Å². The van der Waals surface area contributed by atoms with Gasteiger partial charge in [0, 0.05) is 36.6 Å². The van der Waals surface area contributed by atoms with E-state index in [1.165, 1.54) is 6.92 Å². The monoisotopic (exact) mass is 577 g/mol. The van der Waals surface area contributed by atoms with E-state index in [1.807, 2.05) is 50.2 Å². The number of hydrogen-bond acceptors (Lipinski definition) is 5. The van der Waals surface area contributed by atoms with Gasteiger partial charge in [-0.1, -0.05) is 63.0 Å². The number of sulfonamides is 1. The van der Waals surface area contributed by atoms with E-state index in [0.717, 1.165) is 21.7 Å². The van der Waals surface area contributed by atoms with Gasteiger partial charge >= 0.3 is 0 Å². The minimum Gasteiger partial charge on any atom is -0.493 e. The van der Waals surface area contributed by atoms with E-state index in [-0.39, 0.29) is 25.0 Å². The van der Waals surface area contributed by atoms with Crippen LogP contribution in [0.5, 0.6) is 11.5 Å². The van der Waals surface area contributed by atoms with Gasteiger partial charge in [-0.25, -0.2) is 12.7 Å². The molecule has 200 valence electrons. The van der Waals surface area contributed by atoms with Crippen LogP contribution in [0.25, 0.3) is 0 Å². The van der Waals surface area contributed by atoms with Crippen LogP contribution in [-0.2, 0) is 20.2 Å². The van der Waals surface area contributed by atoms with Crippen LogP contribution >= 0.6 is 34.8 Å². The molecule has 6 nitrogen and oxygen atoms in total. The molecule has 0 fully saturated rings. The van der Waals surface area contributed by atoms with Gasteiger partial charge in [-0.05, 0) is 35.4 Å². The number of halogens is 3. The summed E-state index contributed by atoms with van der Waals surface area (Å²) in [6.07, 6.45) is 1.02. The molecule has 0 bridgehead atoms. The first-order valence-electron chi connectivity index (χ1n) is 11.6. The Morgan fingerprint density at radius 1 is 0.972 bits per heavy atom. The second kappa shape index (κ2) is 12.7. The standard InChI is InChI=1S/C26H34Cl3NO5S/c1-17(13-27)15-35-25-23(28)11-21(12-24(25)29)26(4,5)20-7-9-22(10-8-20)34-16-18(2)14-30(19(3)31)36(6,32)33/h7-12,17-18H,13-16H2,1-6H3/t17-,18-/m0/s1. The number of carbonyl (C=O) groups excluding carboxylic acids is 1. The first-order valence-corrected chi connectivity index (χ1v) is 14.7. The van der Waals surface area contributed by atoms with Crippen LogP contribution in [0.1, 0.15) is 45.7 Å². The minimum atomic E-state index is -3.61. The normalized spacial score (nSPS) is 13.7. The first-order chi connectivity index (χ1) is 16.7. The van der Waals surface area contributed by atoms with Gasteiger partial charge in [0.25, 0.3) is 0 Å². The number of hydrogen-bond donors (Lipinski definition) is 0. The fourth-order valence-electron chi connectivity index (χ4n) is 3.53. The van der Waals surface area contributed by atoms with E-state index in [9.17, 15) is 13.2 Å². The number of nitrogens with zero attached hydrogens (tertiary/aromatic N) is 1. The van der Waals surface area contributed by atoms with Crippen molar-refractivity contribution in [3.8, 4) is 11.5 Å². The molecule has 0 N–H and O–H groups in total. The van der Waals surface area contributed by atoms with Crippen molar-refractivity contribution in [3.63, 3.8) is 0 Å². The molecular formula is C26H34Cl3NO5S. The summed E-state index contributed by atoms with van der Waals surface area (Å²) in [7, 11) is -3.61. The maximum absolute atomic E-state index is 11.8. The third-order valence-electron chi connectivity index (χ3n) is 5.84. The summed E-state index contributed by atoms with van der Waals surface area (Å²) in [5, 5.41) is 0.880. The molecule has 0 radical (unpaired) electrons. The summed E-state index contributed by atoms with van der Waals surface area (Å²) in [4.78, 5) is 11.7. The number of ether oxygens (including phenoxy) is 2. The van der Waals surface area contributed by atoms with Gasteiger partial charge in [-0.15, -0.1) is 11.6 Å². The highest BCUT2D eigenvalue weighted by Gasteiger charge is 2.26. The van der Waals surface area contributed by atoms with E-state index in [2.05, 4.69) is 13.8 Å². The van der Waals surface area contributed by atoms with Crippen LogP contribution in [0.3, 0.4) is 0 Å². The van der Waals surface area contributed by atoms with Crippen molar-refractivity contribution in [1.82, 2.24) is 4.31 Å². The van der Waals surface area contributed by atoms with Gasteiger partial charge in [-0.2, -0.15) is 0 Å². The van der Waals surface area contributed by atoms with E-state index >= 15 is 0 Å². The SMILES string of the molecule is CC(=O)N(C[C@H](C)COc1ccc(C(C)(C)c2cc(Cl)c(OC[C@@H](C)CCl)c(Cl)c2)cc1)S(C)(=O)=O. The van der Waals surface area contributed by atoms with E-state index < -0.39 is 21.3 Å². The zero-order valence-corrected chi connectivity index (χ0v) is 24.6. The molecular weight excluding hydrogens is 545 g/mol. The molecule has 10 heteroatoms. The maximum atomic E-state index is 11.8. The van der Waals surface area contributed by atoms with Crippen molar-refractivity contribution >= 4 is 50.7 Å². The molecule has 0 aliphatic carbocycles. The highest BCUT2D eigenvalue weighted by Crippen LogP contribution is 2.41. The maximum Gasteiger partial charge on any atom is 0.234 e. The van der Waals surface area contributed by atoms with Crippen molar-refractivity contribution in [1.29, 1.82) is 0 Å². The van der Waals surface area contributed by atoms with Crippen LogP contribution in [0.2, 0.25) is 10.0 Å². The van der Waals surface area contributed by atoms with Crippen molar-refractivity contribution in [3.05, 3.63) is 57.6 Å². The summed E-state index contributed by atoms with van der Waals surface area (Å²) < 4.78 is 36.1. The number of alkyl halides is 1. The summed E-state index contributed by atoms with van der Waals surface area (Å²) in [5.74, 6) is 1.05. The zero-order valence-electron chi connectivity index (χ0n) is 21.5. The number of rotatable bonds is 12. The third-order valence-corrected chi connectivity index (χ3v) is 8.13. The lowest BCUT2D eigenvalue weighted by Gasteiger charge is -2.27. The highest BCUT2D eigenvalue weighted by molar-refractivity contribution is 7.88. The summed E-state index contributed by atoms with van der Waals surface area (Å²) >= 11 is 18.9. The molecule has 2 aromatic carbocycles. The molecule has 0 heterocycles. The van der Waals surface area contributed by atoms with Gasteiger partial charge < -0.3 is 9.47 Å². The number of benzene rings is 2. The fourth-order valence-corrected chi connectivity index (χ4v) is 5.21. The first kappa shape index (κ1) is 30.6. The lowest BCUT2D eigenvalue weighted by atomic mass is 9.78. The molecule has 36 heavy (non-hydrogen) atoms. The Labute approximate surface area is 229 Å². The van der Waals surface area contributed by atoms with Gasteiger partial charge in [0.05, 0.1) is 29.5 Å². The number of amides is 1. The Hall–Kier alpha value is -1.67. The Morgan fingerprint density at radius 2 is 1.50 bits per heavy atom. The molecule has 1 amide bonds. The second-order valence-corrected chi connectivity index (χ2v) is 12.7. The van der Waals surface area contributed by atoms with Crippen molar-refractivity contribution in [2.24, 2.45) is 11.8 Å². The predicted octanol–water partition coefficient (Wildman–Crippen LogP) is 6.40. The van der Waals surface area contributed by atoms with E-state index in [0.29, 0.717) is 34.0 Å². The van der Waals surface area contributed by atoms with E-state index in [1.54, 1.807) is 0 Å². The Bertz CT molecular complexity index is 1130. The molecule has 0 aromatic heterocycles. The molecule has 2 aromatic rings. The highest BCUT2D eigenvalue weighted by atomic mass is 35.5. The zero-order chi connectivity index (χ0) is 27.3. The van der Waals surface area contributed by atoms with Crippen LogP contribution < -0.4 is 9.47 Å². The second-order valence-electron chi connectivity index (χ2n) is 9.72. The Balaban J connectivity index is 2.10. The average Bonchev–Trinajstić information content (AvgIpc) is 2.79. The largest absolute Gasteiger partial charge is 0.493 e. The molecule has 0 spiro atoms. The Morgan fingerprint density at radius 3 is 1.97 bits per heavy atom. The smallest absolute Gasteiger partial charge is 0.234 e. The lowest BCUT2D eigenvalue weighted by Crippen LogP contribution is -2.38. The quantitative estimate of drug-likeness (QED) is 0.273. The van der Waals surface area contributed by atoms with Gasteiger partial charge in [-0.3, -0.25) is 4.79 Å². The molecule has 0 saturated carbocycles. The lowest BCUT2D eigenvalue weighted by molar-refractivity contribution is -0.124. The van der Waals surface area contributed by atoms with Crippen LogP contribution in [-0.4, -0.2) is 50.5 Å². The van der Waals surface area contributed by atoms with Crippen LogP contribution in [0.4, 0.5) is 0 Å². The molecule has 0 saturated heterocycles. The summed E-state index contributed by atoms with van der Waals surface area (Å²) in [6, 6.07) is 11.4. The van der Waals surface area contributed by atoms with Crippen molar-refractivity contribution in [2.45, 2.75) is 40.0 Å². The summed E-state index contributed by atoms with van der Waals surface area (Å²) in [6.45, 7) is 9.94. The minimum absolute atomic E-state index is 0.0608. The van der Waals surface area contributed by atoms with E-state index in [4.69, 9.17) is 44.3 Å². The van der Waals surface area contributed by atoms with Gasteiger partial charge in [0.1, 0.15) is 5.75 Å². The average molecular weight is 579 g/mol. The predicted molar refractivity (Wildman–Crippen MR) is 147 cm³/mol. The number of carbonyl (C=O) groups is 1.